The Morgan fingerprint density at radius 2 is 1.85 bits per heavy atom. The highest BCUT2D eigenvalue weighted by atomic mass is 35.5. The fourth-order valence-electron chi connectivity index (χ4n) is 1.91. The van der Waals surface area contributed by atoms with Crippen molar-refractivity contribution in [2.75, 3.05) is 5.43 Å². The maximum atomic E-state index is 9.95. The molecule has 1 aromatic heterocycles. The van der Waals surface area contributed by atoms with Crippen molar-refractivity contribution >= 4 is 56.6 Å². The summed E-state index contributed by atoms with van der Waals surface area (Å²) in [5.74, 6) is -0.341. The van der Waals surface area contributed by atoms with Crippen LogP contribution in [0.25, 0.3) is 0 Å². The van der Waals surface area contributed by atoms with E-state index in [1.165, 1.54) is 0 Å². The summed E-state index contributed by atoms with van der Waals surface area (Å²) in [6.07, 6.45) is 0. The van der Waals surface area contributed by atoms with Crippen LogP contribution in [0.15, 0.2) is 63.9 Å². The maximum absolute atomic E-state index is 9.95. The summed E-state index contributed by atoms with van der Waals surface area (Å²) in [5.41, 5.74) is 3.84. The van der Waals surface area contributed by atoms with Crippen LogP contribution in [0, 0.1) is 11.3 Å². The van der Waals surface area contributed by atoms with Gasteiger partial charge in [-0.3, -0.25) is 5.43 Å². The zero-order valence-corrected chi connectivity index (χ0v) is 15.8. The molecule has 0 aliphatic rings. The highest BCUT2D eigenvalue weighted by Gasteiger charge is 2.15. The van der Waals surface area contributed by atoms with Gasteiger partial charge in [0.2, 0.25) is 5.00 Å². The van der Waals surface area contributed by atoms with E-state index in [-0.39, 0.29) is 21.6 Å². The predicted molar refractivity (Wildman–Crippen MR) is 107 cm³/mol. The summed E-state index contributed by atoms with van der Waals surface area (Å²) in [4.78, 5) is 3.92. The molecule has 0 unspecified atom stereocenters. The van der Waals surface area contributed by atoms with E-state index in [0.717, 1.165) is 11.3 Å². The molecule has 0 spiro atoms. The zero-order valence-electron chi connectivity index (χ0n) is 13.5. The third-order valence-corrected chi connectivity index (χ3v) is 4.49. The van der Waals surface area contributed by atoms with Crippen molar-refractivity contribution in [3.63, 3.8) is 0 Å². The maximum Gasteiger partial charge on any atom is 0.251 e. The molecule has 2 aromatic carbocycles. The standard InChI is InChI=1S/C17H10Cl2N6OS/c18-10-3-1-5-12(7-10)22-24-14(9-20)16-21-15(26)17(27-16)25-23-13-6-2-4-11(19)8-13/h1-8,22,26H/b24-14+,25-23?. The molecule has 0 aliphatic heterocycles. The summed E-state index contributed by atoms with van der Waals surface area (Å²) < 4.78 is 0. The molecular formula is C17H10Cl2N6OS. The van der Waals surface area contributed by atoms with Crippen molar-refractivity contribution < 1.29 is 5.11 Å². The second-order valence-corrected chi connectivity index (χ2v) is 6.87. The molecule has 0 saturated heterocycles. The molecule has 27 heavy (non-hydrogen) atoms. The average molecular weight is 417 g/mol. The van der Waals surface area contributed by atoms with Crippen molar-refractivity contribution in [3.05, 3.63) is 63.6 Å². The van der Waals surface area contributed by atoms with E-state index in [1.54, 1.807) is 48.5 Å². The van der Waals surface area contributed by atoms with Gasteiger partial charge in [-0.25, -0.2) is 0 Å². The van der Waals surface area contributed by atoms with Crippen LogP contribution >= 0.6 is 34.5 Å². The second-order valence-electron chi connectivity index (χ2n) is 5.02. The quantitative estimate of drug-likeness (QED) is 0.306. The summed E-state index contributed by atoms with van der Waals surface area (Å²) in [6.45, 7) is 0. The third kappa shape index (κ3) is 5.01. The number of anilines is 1. The SMILES string of the molecule is N#C/C(=N\Nc1cccc(Cl)c1)c1nc(O)c(N=Nc2cccc(Cl)c2)s1. The Morgan fingerprint density at radius 3 is 2.56 bits per heavy atom. The summed E-state index contributed by atoms with van der Waals surface area (Å²) in [6, 6.07) is 15.6. The lowest BCUT2D eigenvalue weighted by Crippen LogP contribution is -2.01. The molecule has 134 valence electrons. The highest BCUT2D eigenvalue weighted by molar-refractivity contribution is 7.17. The number of aromatic nitrogens is 1. The number of azo groups is 1. The number of rotatable bonds is 5. The molecule has 0 fully saturated rings. The number of thiazole rings is 1. The van der Waals surface area contributed by atoms with Crippen LogP contribution in [0.3, 0.4) is 0 Å². The predicted octanol–water partition coefficient (Wildman–Crippen LogP) is 5.91. The fourth-order valence-corrected chi connectivity index (χ4v) is 3.01. The lowest BCUT2D eigenvalue weighted by molar-refractivity contribution is 0.458. The monoisotopic (exact) mass is 416 g/mol. The van der Waals surface area contributed by atoms with Gasteiger partial charge in [0.05, 0.1) is 11.4 Å². The van der Waals surface area contributed by atoms with E-state index in [0.29, 0.717) is 21.4 Å². The van der Waals surface area contributed by atoms with Crippen LogP contribution in [0.1, 0.15) is 5.01 Å². The number of halogens is 2. The van der Waals surface area contributed by atoms with E-state index in [9.17, 15) is 10.4 Å². The minimum Gasteiger partial charge on any atom is -0.491 e. The van der Waals surface area contributed by atoms with Gasteiger partial charge in [0.1, 0.15) is 6.07 Å². The normalized spacial score (nSPS) is 11.5. The number of hydrazone groups is 1. The third-order valence-electron chi connectivity index (χ3n) is 3.09. The number of hydrogen-bond acceptors (Lipinski definition) is 8. The van der Waals surface area contributed by atoms with E-state index >= 15 is 0 Å². The van der Waals surface area contributed by atoms with Crippen molar-refractivity contribution in [2.24, 2.45) is 15.3 Å². The van der Waals surface area contributed by atoms with Crippen molar-refractivity contribution in [1.29, 1.82) is 5.26 Å². The van der Waals surface area contributed by atoms with Gasteiger partial charge in [-0.05, 0) is 36.4 Å². The largest absolute Gasteiger partial charge is 0.491 e. The number of hydrogen-bond donors (Lipinski definition) is 2. The summed E-state index contributed by atoms with van der Waals surface area (Å²) >= 11 is 12.8. The smallest absolute Gasteiger partial charge is 0.251 e. The molecule has 0 amide bonds. The molecule has 3 aromatic rings. The van der Waals surface area contributed by atoms with E-state index < -0.39 is 0 Å². The first-order chi connectivity index (χ1) is 13.0. The van der Waals surface area contributed by atoms with Crippen LogP contribution in [0.5, 0.6) is 5.88 Å². The minimum atomic E-state index is -0.341. The molecule has 2 N–H and O–H groups in total. The Hall–Kier alpha value is -2.99. The number of benzene rings is 2. The molecule has 0 bridgehead atoms. The van der Waals surface area contributed by atoms with Crippen LogP contribution < -0.4 is 5.43 Å². The van der Waals surface area contributed by atoms with Gasteiger partial charge in [-0.15, -0.1) is 10.2 Å². The number of nitrogens with zero attached hydrogens (tertiary/aromatic N) is 5. The molecule has 1 heterocycles. The number of nitrogens with one attached hydrogen (secondary N) is 1. The molecule has 10 heteroatoms. The first kappa shape index (κ1) is 18.8. The van der Waals surface area contributed by atoms with Gasteiger partial charge in [-0.1, -0.05) is 46.7 Å². The Kier molecular flexibility index (Phi) is 5.98. The highest BCUT2D eigenvalue weighted by Crippen LogP contribution is 2.35. The van der Waals surface area contributed by atoms with E-state index in [1.807, 2.05) is 6.07 Å². The van der Waals surface area contributed by atoms with E-state index in [4.69, 9.17) is 23.2 Å². The molecule has 7 nitrogen and oxygen atoms in total. The summed E-state index contributed by atoms with van der Waals surface area (Å²) in [5, 5.41) is 32.6. The van der Waals surface area contributed by atoms with Gasteiger partial charge in [0.25, 0.3) is 5.88 Å². The second kappa shape index (κ2) is 8.60. The first-order valence-corrected chi connectivity index (χ1v) is 8.99. The number of aromatic hydroxyl groups is 1. The lowest BCUT2D eigenvalue weighted by Gasteiger charge is -2.00. The lowest BCUT2D eigenvalue weighted by atomic mass is 10.3. The van der Waals surface area contributed by atoms with Gasteiger partial charge < -0.3 is 5.11 Å². The molecule has 3 rings (SSSR count). The Morgan fingerprint density at radius 1 is 1.11 bits per heavy atom. The Labute approximate surface area is 168 Å². The molecule has 0 atom stereocenters. The first-order valence-electron chi connectivity index (χ1n) is 7.42. The van der Waals surface area contributed by atoms with Gasteiger partial charge in [-0.2, -0.15) is 15.3 Å². The van der Waals surface area contributed by atoms with E-state index in [2.05, 4.69) is 25.7 Å². The molecule has 0 radical (unpaired) electrons. The van der Waals surface area contributed by atoms with Crippen LogP contribution in [0.4, 0.5) is 16.4 Å². The Balaban J connectivity index is 1.81. The molecule has 0 saturated carbocycles. The van der Waals surface area contributed by atoms with Crippen molar-refractivity contribution in [1.82, 2.24) is 4.98 Å². The van der Waals surface area contributed by atoms with Crippen molar-refractivity contribution in [2.45, 2.75) is 0 Å². The van der Waals surface area contributed by atoms with Gasteiger partial charge >= 0.3 is 0 Å². The molecule has 0 aliphatic carbocycles. The van der Waals surface area contributed by atoms with Crippen LogP contribution in [-0.4, -0.2) is 15.8 Å². The van der Waals surface area contributed by atoms with Crippen LogP contribution in [-0.2, 0) is 0 Å². The Bertz CT molecular complexity index is 1070. The average Bonchev–Trinajstić information content (AvgIpc) is 3.01. The zero-order chi connectivity index (χ0) is 19.2. The minimum absolute atomic E-state index is 0.0144. The van der Waals surface area contributed by atoms with Gasteiger partial charge in [0.15, 0.2) is 10.7 Å². The molecular weight excluding hydrogens is 407 g/mol. The summed E-state index contributed by atoms with van der Waals surface area (Å²) in [7, 11) is 0. The topological polar surface area (TPSA) is 106 Å². The number of nitriles is 1. The fraction of sp³-hybridized carbons (Fsp3) is 0. The van der Waals surface area contributed by atoms with Crippen molar-refractivity contribution in [3.8, 4) is 11.9 Å². The van der Waals surface area contributed by atoms with Crippen LogP contribution in [0.2, 0.25) is 10.0 Å². The van der Waals surface area contributed by atoms with Gasteiger partial charge in [0, 0.05) is 10.0 Å².